The topological polar surface area (TPSA) is 32.3 Å². The van der Waals surface area contributed by atoms with Gasteiger partial charge in [-0.3, -0.25) is 9.69 Å². The van der Waals surface area contributed by atoms with E-state index in [0.29, 0.717) is 12.6 Å². The van der Waals surface area contributed by atoms with Gasteiger partial charge in [0.15, 0.2) is 0 Å². The van der Waals surface area contributed by atoms with Crippen molar-refractivity contribution in [3.05, 3.63) is 22.4 Å². The Morgan fingerprint density at radius 2 is 2.44 bits per heavy atom. The van der Waals surface area contributed by atoms with Gasteiger partial charge in [-0.15, -0.1) is 11.3 Å². The van der Waals surface area contributed by atoms with Crippen molar-refractivity contribution >= 4 is 17.2 Å². The number of nitrogens with zero attached hydrogens (tertiary/aromatic N) is 1. The second-order valence-electron chi connectivity index (χ2n) is 5.12. The Hall–Kier alpha value is -0.870. The van der Waals surface area contributed by atoms with Crippen LogP contribution in [-0.2, 0) is 4.79 Å². The van der Waals surface area contributed by atoms with Crippen LogP contribution in [0.1, 0.15) is 44.0 Å². The molecule has 1 aromatic rings. The zero-order valence-corrected chi connectivity index (χ0v) is 12.0. The van der Waals surface area contributed by atoms with E-state index < -0.39 is 0 Å². The Kier molecular flexibility index (Phi) is 4.78. The molecule has 4 heteroatoms. The molecular formula is C14H22N2OS. The van der Waals surface area contributed by atoms with Crippen LogP contribution in [0.15, 0.2) is 17.5 Å². The van der Waals surface area contributed by atoms with Crippen LogP contribution in [0.4, 0.5) is 0 Å². The first-order valence-corrected chi connectivity index (χ1v) is 7.61. The number of carbonyl (C=O) groups excluding carboxylic acids is 1. The quantitative estimate of drug-likeness (QED) is 0.909. The van der Waals surface area contributed by atoms with E-state index in [-0.39, 0.29) is 11.9 Å². The minimum absolute atomic E-state index is 0.123. The number of carbonyl (C=O) groups is 1. The Morgan fingerprint density at radius 1 is 1.61 bits per heavy atom. The number of thiophene rings is 1. The molecule has 0 spiro atoms. The normalized spacial score (nSPS) is 22.7. The van der Waals surface area contributed by atoms with E-state index in [0.717, 1.165) is 6.54 Å². The van der Waals surface area contributed by atoms with E-state index in [1.165, 1.54) is 24.1 Å². The summed E-state index contributed by atoms with van der Waals surface area (Å²) in [4.78, 5) is 15.5. The van der Waals surface area contributed by atoms with E-state index in [4.69, 9.17) is 0 Å². The number of hydrogen-bond acceptors (Lipinski definition) is 3. The number of rotatable bonds is 4. The number of hydrogen-bond donors (Lipinski definition) is 1. The van der Waals surface area contributed by atoms with Gasteiger partial charge < -0.3 is 5.32 Å². The van der Waals surface area contributed by atoms with Crippen molar-refractivity contribution in [1.29, 1.82) is 0 Å². The molecule has 18 heavy (non-hydrogen) atoms. The Morgan fingerprint density at radius 3 is 3.11 bits per heavy atom. The first-order valence-electron chi connectivity index (χ1n) is 6.73. The summed E-state index contributed by atoms with van der Waals surface area (Å²) in [5.74, 6) is 0.143. The zero-order valence-electron chi connectivity index (χ0n) is 11.2. The average Bonchev–Trinajstić information content (AvgIpc) is 2.85. The highest BCUT2D eigenvalue weighted by atomic mass is 32.1. The summed E-state index contributed by atoms with van der Waals surface area (Å²) in [5.41, 5.74) is 0. The zero-order chi connectivity index (χ0) is 13.0. The van der Waals surface area contributed by atoms with Crippen LogP contribution in [0.5, 0.6) is 0 Å². The summed E-state index contributed by atoms with van der Waals surface area (Å²) in [6, 6.07) is 4.76. The fourth-order valence-electron chi connectivity index (χ4n) is 2.47. The van der Waals surface area contributed by atoms with Gasteiger partial charge in [-0.2, -0.15) is 0 Å². The smallest absolute Gasteiger partial charge is 0.234 e. The Bertz CT molecular complexity index is 377. The van der Waals surface area contributed by atoms with Gasteiger partial charge in [-0.1, -0.05) is 12.5 Å². The van der Waals surface area contributed by atoms with Crippen molar-refractivity contribution in [2.75, 3.05) is 13.1 Å². The molecule has 100 valence electrons. The maximum Gasteiger partial charge on any atom is 0.234 e. The molecule has 2 atom stereocenters. The third kappa shape index (κ3) is 3.56. The molecule has 3 nitrogen and oxygen atoms in total. The first kappa shape index (κ1) is 13.6. The molecule has 1 saturated heterocycles. The van der Waals surface area contributed by atoms with Crippen molar-refractivity contribution in [3.63, 3.8) is 0 Å². The van der Waals surface area contributed by atoms with Crippen LogP contribution in [0.3, 0.4) is 0 Å². The molecule has 0 saturated carbocycles. The minimum Gasteiger partial charge on any atom is -0.348 e. The van der Waals surface area contributed by atoms with Gasteiger partial charge in [0.1, 0.15) is 0 Å². The fraction of sp³-hybridized carbons (Fsp3) is 0.643. The van der Waals surface area contributed by atoms with Gasteiger partial charge in [-0.25, -0.2) is 0 Å². The van der Waals surface area contributed by atoms with Crippen LogP contribution in [0.2, 0.25) is 0 Å². The maximum absolute atomic E-state index is 12.0. The molecule has 0 unspecified atom stereocenters. The summed E-state index contributed by atoms with van der Waals surface area (Å²) in [6.07, 6.45) is 3.73. The molecule has 0 bridgehead atoms. The number of likely N-dealkylation sites (tertiary alicyclic amines) is 1. The van der Waals surface area contributed by atoms with Crippen LogP contribution >= 0.6 is 11.3 Å². The monoisotopic (exact) mass is 266 g/mol. The van der Waals surface area contributed by atoms with Crippen molar-refractivity contribution in [1.82, 2.24) is 10.2 Å². The largest absolute Gasteiger partial charge is 0.348 e. The van der Waals surface area contributed by atoms with Gasteiger partial charge in [-0.05, 0) is 44.7 Å². The Labute approximate surface area is 113 Å². The van der Waals surface area contributed by atoms with Crippen LogP contribution in [-0.4, -0.2) is 29.9 Å². The van der Waals surface area contributed by atoms with Gasteiger partial charge in [0, 0.05) is 10.9 Å². The predicted octanol–water partition coefficient (Wildman–Crippen LogP) is 2.80. The van der Waals surface area contributed by atoms with E-state index >= 15 is 0 Å². The lowest BCUT2D eigenvalue weighted by atomic mass is 10.0. The first-order chi connectivity index (χ1) is 8.66. The molecule has 0 aromatic carbocycles. The third-order valence-corrected chi connectivity index (χ3v) is 4.69. The van der Waals surface area contributed by atoms with Crippen molar-refractivity contribution in [2.24, 2.45) is 0 Å². The SMILES string of the molecule is C[C@@H]1CCCCN1CC(=O)N[C@H](C)c1cccs1. The maximum atomic E-state index is 12.0. The lowest BCUT2D eigenvalue weighted by Crippen LogP contribution is -2.44. The molecule has 2 rings (SSSR count). The summed E-state index contributed by atoms with van der Waals surface area (Å²) in [6.45, 7) is 5.86. The van der Waals surface area contributed by atoms with Crippen LogP contribution < -0.4 is 5.32 Å². The number of piperidine rings is 1. The number of nitrogens with one attached hydrogen (secondary N) is 1. The third-order valence-electron chi connectivity index (χ3n) is 3.63. The van der Waals surface area contributed by atoms with Crippen molar-refractivity contribution in [3.8, 4) is 0 Å². The van der Waals surface area contributed by atoms with Crippen molar-refractivity contribution in [2.45, 2.75) is 45.2 Å². The molecule has 1 aliphatic rings. The molecule has 1 amide bonds. The molecule has 1 aliphatic heterocycles. The van der Waals surface area contributed by atoms with E-state index in [2.05, 4.69) is 23.2 Å². The van der Waals surface area contributed by atoms with Crippen LogP contribution in [0.25, 0.3) is 0 Å². The summed E-state index contributed by atoms with van der Waals surface area (Å²) in [5, 5.41) is 5.13. The molecule has 0 aliphatic carbocycles. The molecule has 0 radical (unpaired) electrons. The van der Waals surface area contributed by atoms with E-state index in [9.17, 15) is 4.79 Å². The highest BCUT2D eigenvalue weighted by molar-refractivity contribution is 7.10. The van der Waals surface area contributed by atoms with Gasteiger partial charge in [0.05, 0.1) is 12.6 Å². The lowest BCUT2D eigenvalue weighted by molar-refractivity contribution is -0.123. The molecular weight excluding hydrogens is 244 g/mol. The molecule has 1 N–H and O–H groups in total. The van der Waals surface area contributed by atoms with Crippen molar-refractivity contribution < 1.29 is 4.79 Å². The molecule has 2 heterocycles. The molecule has 1 aromatic heterocycles. The molecule has 1 fully saturated rings. The van der Waals surface area contributed by atoms with Gasteiger partial charge in [0.25, 0.3) is 0 Å². The highest BCUT2D eigenvalue weighted by Gasteiger charge is 2.21. The summed E-state index contributed by atoms with van der Waals surface area (Å²) in [7, 11) is 0. The Balaban J connectivity index is 1.81. The second-order valence-corrected chi connectivity index (χ2v) is 6.10. The van der Waals surface area contributed by atoms with Crippen LogP contribution in [0, 0.1) is 0 Å². The summed E-state index contributed by atoms with van der Waals surface area (Å²) < 4.78 is 0. The van der Waals surface area contributed by atoms with E-state index in [1.807, 2.05) is 18.4 Å². The highest BCUT2D eigenvalue weighted by Crippen LogP contribution is 2.19. The minimum atomic E-state index is 0.123. The van der Waals surface area contributed by atoms with Gasteiger partial charge >= 0.3 is 0 Å². The predicted molar refractivity (Wildman–Crippen MR) is 75.8 cm³/mol. The van der Waals surface area contributed by atoms with E-state index in [1.54, 1.807) is 11.3 Å². The second kappa shape index (κ2) is 6.34. The fourth-order valence-corrected chi connectivity index (χ4v) is 3.21. The standard InChI is InChI=1S/C14H22N2OS/c1-11-6-3-4-8-16(11)10-14(17)15-12(2)13-7-5-9-18-13/h5,7,9,11-12H,3-4,6,8,10H2,1-2H3,(H,15,17)/t11-,12-/m1/s1. The van der Waals surface area contributed by atoms with Gasteiger partial charge in [0.2, 0.25) is 5.91 Å². The lowest BCUT2D eigenvalue weighted by Gasteiger charge is -2.32. The average molecular weight is 266 g/mol. The number of amides is 1. The summed E-state index contributed by atoms with van der Waals surface area (Å²) >= 11 is 1.69.